The van der Waals surface area contributed by atoms with Gasteiger partial charge >= 0.3 is 0 Å². The first-order valence-corrected chi connectivity index (χ1v) is 10.1. The van der Waals surface area contributed by atoms with Crippen molar-refractivity contribution in [3.8, 4) is 0 Å². The highest BCUT2D eigenvalue weighted by molar-refractivity contribution is 14.0. The second-order valence-electron chi connectivity index (χ2n) is 6.24. The van der Waals surface area contributed by atoms with Crippen LogP contribution >= 0.6 is 35.7 Å². The van der Waals surface area contributed by atoms with Crippen molar-refractivity contribution in [2.24, 2.45) is 4.99 Å². The van der Waals surface area contributed by atoms with Gasteiger partial charge in [-0.2, -0.15) is 16.9 Å². The molecular formula is C19H28IN5S. The van der Waals surface area contributed by atoms with Crippen LogP contribution in [0.3, 0.4) is 0 Å². The molecular weight excluding hydrogens is 457 g/mol. The van der Waals surface area contributed by atoms with Crippen LogP contribution < -0.4 is 10.6 Å². The van der Waals surface area contributed by atoms with Crippen LogP contribution in [0.2, 0.25) is 0 Å². The van der Waals surface area contributed by atoms with Gasteiger partial charge in [0.15, 0.2) is 5.96 Å². The SMILES string of the molecule is CCNC(=NCc1cnn(Cc2ccccc2)c1)NCC1CCCS1.I. The van der Waals surface area contributed by atoms with Crippen LogP contribution in [0.1, 0.15) is 30.9 Å². The summed E-state index contributed by atoms with van der Waals surface area (Å²) in [5.41, 5.74) is 2.38. The van der Waals surface area contributed by atoms with Gasteiger partial charge in [-0.3, -0.25) is 4.68 Å². The Labute approximate surface area is 177 Å². The maximum Gasteiger partial charge on any atom is 0.191 e. The van der Waals surface area contributed by atoms with Gasteiger partial charge in [0, 0.05) is 30.1 Å². The number of hydrogen-bond donors (Lipinski definition) is 2. The second kappa shape index (κ2) is 11.5. The number of guanidine groups is 1. The molecule has 0 bridgehead atoms. The van der Waals surface area contributed by atoms with Gasteiger partial charge < -0.3 is 10.6 Å². The van der Waals surface area contributed by atoms with Gasteiger partial charge in [0.25, 0.3) is 0 Å². The molecule has 142 valence electrons. The number of aromatic nitrogens is 2. The van der Waals surface area contributed by atoms with Crippen LogP contribution in [0.25, 0.3) is 0 Å². The van der Waals surface area contributed by atoms with E-state index in [1.54, 1.807) is 0 Å². The molecule has 0 amide bonds. The topological polar surface area (TPSA) is 54.2 Å². The van der Waals surface area contributed by atoms with E-state index in [9.17, 15) is 0 Å². The molecule has 0 spiro atoms. The van der Waals surface area contributed by atoms with E-state index >= 15 is 0 Å². The van der Waals surface area contributed by atoms with Gasteiger partial charge in [0.1, 0.15) is 0 Å². The standard InChI is InChI=1S/C19H27N5S.HI/c1-2-20-19(22-13-18-9-6-10-25-18)21-11-17-12-23-24(15-17)14-16-7-4-3-5-8-16;/h3-5,7-8,12,15,18H,2,6,9-11,13-14H2,1H3,(H2,20,21,22);1H. The Balaban J connectivity index is 0.00000243. The maximum absolute atomic E-state index is 4.70. The number of nitrogens with zero attached hydrogens (tertiary/aromatic N) is 3. The summed E-state index contributed by atoms with van der Waals surface area (Å²) in [6.45, 7) is 5.39. The summed E-state index contributed by atoms with van der Waals surface area (Å²) in [4.78, 5) is 4.70. The number of hydrogen-bond acceptors (Lipinski definition) is 3. The van der Waals surface area contributed by atoms with Crippen LogP contribution in [0, 0.1) is 0 Å². The third-order valence-electron chi connectivity index (χ3n) is 4.16. The van der Waals surface area contributed by atoms with Crippen LogP contribution in [0.4, 0.5) is 0 Å². The summed E-state index contributed by atoms with van der Waals surface area (Å²) in [5.74, 6) is 2.19. The first kappa shape index (κ1) is 21.1. The Kier molecular flexibility index (Phi) is 9.31. The zero-order valence-corrected chi connectivity index (χ0v) is 18.4. The lowest BCUT2D eigenvalue weighted by Crippen LogP contribution is -2.40. The molecule has 7 heteroatoms. The van der Waals surface area contributed by atoms with E-state index in [0.29, 0.717) is 6.54 Å². The van der Waals surface area contributed by atoms with Crippen LogP contribution in [-0.4, -0.2) is 39.8 Å². The number of nitrogens with one attached hydrogen (secondary N) is 2. The van der Waals surface area contributed by atoms with Crippen molar-refractivity contribution in [3.63, 3.8) is 0 Å². The molecule has 1 aliphatic rings. The van der Waals surface area contributed by atoms with E-state index in [4.69, 9.17) is 4.99 Å². The first-order valence-electron chi connectivity index (χ1n) is 9.02. The molecule has 2 aromatic rings. The Bertz CT molecular complexity index is 668. The van der Waals surface area contributed by atoms with E-state index in [1.807, 2.05) is 16.9 Å². The molecule has 2 heterocycles. The molecule has 0 aliphatic carbocycles. The van der Waals surface area contributed by atoms with E-state index in [0.717, 1.165) is 36.4 Å². The quantitative estimate of drug-likeness (QED) is 0.358. The van der Waals surface area contributed by atoms with Gasteiger partial charge in [-0.1, -0.05) is 30.3 Å². The number of aliphatic imine (C=N–C) groups is 1. The lowest BCUT2D eigenvalue weighted by molar-refractivity contribution is 0.686. The fraction of sp³-hybridized carbons (Fsp3) is 0.474. The van der Waals surface area contributed by atoms with E-state index in [-0.39, 0.29) is 24.0 Å². The Morgan fingerprint density at radius 1 is 1.27 bits per heavy atom. The maximum atomic E-state index is 4.70. The molecule has 1 unspecified atom stereocenters. The largest absolute Gasteiger partial charge is 0.357 e. The molecule has 1 atom stereocenters. The Hall–Kier alpha value is -1.22. The number of halogens is 1. The predicted molar refractivity (Wildman–Crippen MR) is 121 cm³/mol. The number of rotatable bonds is 7. The molecule has 1 aromatic carbocycles. The fourth-order valence-corrected chi connectivity index (χ4v) is 4.07. The predicted octanol–water partition coefficient (Wildman–Crippen LogP) is 3.50. The van der Waals surface area contributed by atoms with Gasteiger partial charge in [0.2, 0.25) is 0 Å². The summed E-state index contributed by atoms with van der Waals surface area (Å²) in [5, 5.41) is 12.0. The van der Waals surface area contributed by atoms with E-state index in [2.05, 4.69) is 64.9 Å². The highest BCUT2D eigenvalue weighted by Gasteiger charge is 2.15. The van der Waals surface area contributed by atoms with Gasteiger partial charge in [-0.15, -0.1) is 24.0 Å². The summed E-state index contributed by atoms with van der Waals surface area (Å²) < 4.78 is 1.97. The molecule has 0 saturated carbocycles. The minimum Gasteiger partial charge on any atom is -0.357 e. The molecule has 5 nitrogen and oxygen atoms in total. The normalized spacial score (nSPS) is 17.0. The lowest BCUT2D eigenvalue weighted by atomic mass is 10.2. The lowest BCUT2D eigenvalue weighted by Gasteiger charge is -2.14. The minimum atomic E-state index is 0. The van der Waals surface area contributed by atoms with Crippen molar-refractivity contribution >= 4 is 41.7 Å². The smallest absolute Gasteiger partial charge is 0.191 e. The van der Waals surface area contributed by atoms with Crippen LogP contribution in [0.5, 0.6) is 0 Å². The summed E-state index contributed by atoms with van der Waals surface area (Å²) in [6, 6.07) is 10.4. The van der Waals surface area contributed by atoms with Gasteiger partial charge in [-0.05, 0) is 31.1 Å². The van der Waals surface area contributed by atoms with Crippen molar-refractivity contribution in [2.75, 3.05) is 18.8 Å². The highest BCUT2D eigenvalue weighted by Crippen LogP contribution is 2.25. The number of benzene rings is 1. The average Bonchev–Trinajstić information content (AvgIpc) is 3.30. The number of thioether (sulfide) groups is 1. The average molecular weight is 485 g/mol. The molecule has 1 aromatic heterocycles. The van der Waals surface area contributed by atoms with Crippen LogP contribution in [0.15, 0.2) is 47.7 Å². The molecule has 1 fully saturated rings. The second-order valence-corrected chi connectivity index (χ2v) is 7.65. The summed E-state index contributed by atoms with van der Waals surface area (Å²) >= 11 is 2.06. The third kappa shape index (κ3) is 6.83. The zero-order valence-electron chi connectivity index (χ0n) is 15.2. The van der Waals surface area contributed by atoms with Gasteiger partial charge in [-0.25, -0.2) is 4.99 Å². The van der Waals surface area contributed by atoms with Gasteiger partial charge in [0.05, 0.1) is 19.3 Å². The molecule has 1 aliphatic heterocycles. The fourth-order valence-electron chi connectivity index (χ4n) is 2.87. The van der Waals surface area contributed by atoms with E-state index in [1.165, 1.54) is 24.2 Å². The van der Waals surface area contributed by atoms with Crippen molar-refractivity contribution in [1.29, 1.82) is 0 Å². The van der Waals surface area contributed by atoms with Crippen LogP contribution in [-0.2, 0) is 13.1 Å². The van der Waals surface area contributed by atoms with Crippen molar-refractivity contribution in [2.45, 2.75) is 38.1 Å². The highest BCUT2D eigenvalue weighted by atomic mass is 127. The van der Waals surface area contributed by atoms with Crippen molar-refractivity contribution in [1.82, 2.24) is 20.4 Å². The zero-order chi connectivity index (χ0) is 17.3. The minimum absolute atomic E-state index is 0. The monoisotopic (exact) mass is 485 g/mol. The Morgan fingerprint density at radius 2 is 2.12 bits per heavy atom. The van der Waals surface area contributed by atoms with E-state index < -0.39 is 0 Å². The van der Waals surface area contributed by atoms with Crippen molar-refractivity contribution in [3.05, 3.63) is 53.9 Å². The summed E-state index contributed by atoms with van der Waals surface area (Å²) in [6.07, 6.45) is 6.63. The Morgan fingerprint density at radius 3 is 2.85 bits per heavy atom. The molecule has 3 rings (SSSR count). The molecule has 1 saturated heterocycles. The molecule has 26 heavy (non-hydrogen) atoms. The molecule has 0 radical (unpaired) electrons. The first-order chi connectivity index (χ1) is 12.3. The summed E-state index contributed by atoms with van der Waals surface area (Å²) in [7, 11) is 0. The third-order valence-corrected chi connectivity index (χ3v) is 5.56. The van der Waals surface area contributed by atoms with Crippen molar-refractivity contribution < 1.29 is 0 Å². The molecule has 2 N–H and O–H groups in total.